The molecule has 0 aliphatic carbocycles. The number of nitrogens with zero attached hydrogens (tertiary/aromatic N) is 2. The molecule has 0 spiro atoms. The Bertz CT molecular complexity index is 367. The van der Waals surface area contributed by atoms with Gasteiger partial charge in [-0.2, -0.15) is 0 Å². The van der Waals surface area contributed by atoms with Crippen molar-refractivity contribution in [2.24, 2.45) is 0 Å². The fourth-order valence-corrected chi connectivity index (χ4v) is 3.50. The van der Waals surface area contributed by atoms with Crippen LogP contribution in [0.25, 0.3) is 0 Å². The van der Waals surface area contributed by atoms with E-state index >= 15 is 0 Å². The van der Waals surface area contributed by atoms with E-state index in [1.54, 1.807) is 5.82 Å². The molecule has 0 atom stereocenters. The van der Waals surface area contributed by atoms with Gasteiger partial charge in [0, 0.05) is 6.42 Å². The van der Waals surface area contributed by atoms with Gasteiger partial charge >= 0.3 is 0 Å². The first-order chi connectivity index (χ1) is 11.8. The van der Waals surface area contributed by atoms with E-state index in [2.05, 4.69) is 42.3 Å². The second-order valence-electron chi connectivity index (χ2n) is 7.39. The van der Waals surface area contributed by atoms with Crippen LogP contribution in [0.3, 0.4) is 0 Å². The van der Waals surface area contributed by atoms with Gasteiger partial charge in [-0.1, -0.05) is 72.1 Å². The van der Waals surface area contributed by atoms with Crippen LogP contribution in [0.1, 0.15) is 110 Å². The minimum absolute atomic E-state index is 1.21. The minimum Gasteiger partial charge on any atom is -0.234 e. The molecule has 1 aromatic heterocycles. The maximum Gasteiger partial charge on any atom is 0.256 e. The van der Waals surface area contributed by atoms with Gasteiger partial charge < -0.3 is 0 Å². The zero-order valence-electron chi connectivity index (χ0n) is 16.9. The van der Waals surface area contributed by atoms with E-state index in [4.69, 9.17) is 0 Å². The minimum atomic E-state index is 1.21. The van der Waals surface area contributed by atoms with E-state index in [0.717, 1.165) is 0 Å². The van der Waals surface area contributed by atoms with E-state index in [9.17, 15) is 0 Å². The third kappa shape index (κ3) is 8.89. The zero-order valence-corrected chi connectivity index (χ0v) is 16.9. The maximum atomic E-state index is 2.54. The SMILES string of the molecule is CCCCCCCCCc1n(CCCCC)cc[n+]1CCCCC. The fourth-order valence-electron chi connectivity index (χ4n) is 3.50. The molecule has 0 bridgehead atoms. The smallest absolute Gasteiger partial charge is 0.234 e. The summed E-state index contributed by atoms with van der Waals surface area (Å²) in [4.78, 5) is 0. The predicted molar refractivity (Wildman–Crippen MR) is 105 cm³/mol. The summed E-state index contributed by atoms with van der Waals surface area (Å²) in [7, 11) is 0. The number of unbranched alkanes of at least 4 members (excludes halogenated alkanes) is 10. The molecule has 24 heavy (non-hydrogen) atoms. The third-order valence-corrected chi connectivity index (χ3v) is 5.10. The van der Waals surface area contributed by atoms with Crippen LogP contribution in [0.15, 0.2) is 12.4 Å². The molecule has 0 fully saturated rings. The van der Waals surface area contributed by atoms with E-state index < -0.39 is 0 Å². The van der Waals surface area contributed by atoms with Crippen molar-refractivity contribution in [3.8, 4) is 0 Å². The van der Waals surface area contributed by atoms with Crippen LogP contribution in [0.2, 0.25) is 0 Å². The van der Waals surface area contributed by atoms with E-state index in [-0.39, 0.29) is 0 Å². The van der Waals surface area contributed by atoms with Gasteiger partial charge in [0.25, 0.3) is 5.82 Å². The average Bonchev–Trinajstić information content (AvgIpc) is 2.97. The van der Waals surface area contributed by atoms with Crippen molar-refractivity contribution in [2.75, 3.05) is 0 Å². The maximum absolute atomic E-state index is 2.54. The quantitative estimate of drug-likeness (QED) is 0.242. The first-order valence-electron chi connectivity index (χ1n) is 10.9. The van der Waals surface area contributed by atoms with Crippen LogP contribution < -0.4 is 4.57 Å². The van der Waals surface area contributed by atoms with Crippen LogP contribution in [-0.4, -0.2) is 4.57 Å². The Labute approximate surface area is 151 Å². The van der Waals surface area contributed by atoms with Gasteiger partial charge in [0.1, 0.15) is 12.4 Å². The Balaban J connectivity index is 2.44. The first kappa shape index (κ1) is 21.3. The molecule has 140 valence electrons. The molecular weight excluding hydrogens is 292 g/mol. The van der Waals surface area contributed by atoms with Crippen molar-refractivity contribution in [2.45, 2.75) is 124 Å². The highest BCUT2D eigenvalue weighted by molar-refractivity contribution is 4.84. The van der Waals surface area contributed by atoms with Crippen molar-refractivity contribution in [3.63, 3.8) is 0 Å². The van der Waals surface area contributed by atoms with E-state index in [1.165, 1.54) is 103 Å². The summed E-state index contributed by atoms with van der Waals surface area (Å²) in [6.07, 6.45) is 23.7. The molecule has 0 unspecified atom stereocenters. The Morgan fingerprint density at radius 2 is 1.29 bits per heavy atom. The first-order valence-corrected chi connectivity index (χ1v) is 10.9. The van der Waals surface area contributed by atoms with Crippen molar-refractivity contribution >= 4 is 0 Å². The van der Waals surface area contributed by atoms with Gasteiger partial charge in [-0.3, -0.25) is 0 Å². The molecule has 1 rings (SSSR count). The van der Waals surface area contributed by atoms with Crippen molar-refractivity contribution < 1.29 is 4.57 Å². The summed E-state index contributed by atoms with van der Waals surface area (Å²) in [5.41, 5.74) is 0. The molecule has 0 aromatic carbocycles. The molecule has 1 aromatic rings. The Hall–Kier alpha value is -0.790. The molecule has 2 heteroatoms. The lowest BCUT2D eigenvalue weighted by Crippen LogP contribution is -2.37. The Morgan fingerprint density at radius 3 is 2.00 bits per heavy atom. The molecule has 0 aliphatic heterocycles. The van der Waals surface area contributed by atoms with E-state index in [1.807, 2.05) is 0 Å². The van der Waals surface area contributed by atoms with Gasteiger partial charge in [-0.15, -0.1) is 0 Å². The molecular formula is C22H43N2+. The monoisotopic (exact) mass is 335 g/mol. The molecule has 0 aliphatic rings. The highest BCUT2D eigenvalue weighted by Crippen LogP contribution is 2.11. The number of hydrogen-bond acceptors (Lipinski definition) is 0. The van der Waals surface area contributed by atoms with Gasteiger partial charge in [-0.05, 0) is 32.1 Å². The lowest BCUT2D eigenvalue weighted by atomic mass is 10.1. The summed E-state index contributed by atoms with van der Waals surface area (Å²) in [6.45, 7) is 9.30. The van der Waals surface area contributed by atoms with Crippen molar-refractivity contribution in [1.29, 1.82) is 0 Å². The summed E-state index contributed by atoms with van der Waals surface area (Å²) in [5.74, 6) is 1.58. The van der Waals surface area contributed by atoms with Gasteiger partial charge in [0.05, 0.1) is 13.1 Å². The van der Waals surface area contributed by atoms with Crippen LogP contribution >= 0.6 is 0 Å². The number of hydrogen-bond donors (Lipinski definition) is 0. The largest absolute Gasteiger partial charge is 0.256 e. The average molecular weight is 336 g/mol. The molecule has 0 N–H and O–H groups in total. The Kier molecular flexibility index (Phi) is 12.9. The number of rotatable bonds is 16. The molecule has 0 radical (unpaired) electrons. The van der Waals surface area contributed by atoms with Crippen LogP contribution in [-0.2, 0) is 19.5 Å². The fraction of sp³-hybridized carbons (Fsp3) is 0.864. The second-order valence-corrected chi connectivity index (χ2v) is 7.39. The number of aryl methyl sites for hydroxylation is 2. The molecule has 2 nitrogen and oxygen atoms in total. The molecule has 0 saturated heterocycles. The third-order valence-electron chi connectivity index (χ3n) is 5.10. The topological polar surface area (TPSA) is 8.81 Å². The summed E-state index contributed by atoms with van der Waals surface area (Å²) < 4.78 is 5.08. The van der Waals surface area contributed by atoms with Crippen molar-refractivity contribution in [1.82, 2.24) is 4.57 Å². The van der Waals surface area contributed by atoms with Crippen LogP contribution in [0.4, 0.5) is 0 Å². The van der Waals surface area contributed by atoms with Gasteiger partial charge in [0.15, 0.2) is 0 Å². The van der Waals surface area contributed by atoms with E-state index in [0.29, 0.717) is 0 Å². The molecule has 1 heterocycles. The van der Waals surface area contributed by atoms with Gasteiger partial charge in [0.2, 0.25) is 0 Å². The highest BCUT2D eigenvalue weighted by atomic mass is 15.1. The Morgan fingerprint density at radius 1 is 0.708 bits per heavy atom. The number of aromatic nitrogens is 2. The second kappa shape index (κ2) is 14.5. The zero-order chi connectivity index (χ0) is 17.5. The normalized spacial score (nSPS) is 11.3. The molecule has 0 saturated carbocycles. The van der Waals surface area contributed by atoms with Crippen molar-refractivity contribution in [3.05, 3.63) is 18.2 Å². The summed E-state index contributed by atoms with van der Waals surface area (Å²) >= 11 is 0. The van der Waals surface area contributed by atoms with Crippen LogP contribution in [0.5, 0.6) is 0 Å². The predicted octanol–water partition coefficient (Wildman–Crippen LogP) is 6.45. The van der Waals surface area contributed by atoms with Crippen LogP contribution in [0, 0.1) is 0 Å². The van der Waals surface area contributed by atoms with Gasteiger partial charge in [-0.25, -0.2) is 9.13 Å². The lowest BCUT2D eigenvalue weighted by Gasteiger charge is -2.06. The lowest BCUT2D eigenvalue weighted by molar-refractivity contribution is -0.704. The molecule has 0 amide bonds. The summed E-state index contributed by atoms with van der Waals surface area (Å²) in [5, 5.41) is 0. The number of imidazole rings is 1. The highest BCUT2D eigenvalue weighted by Gasteiger charge is 2.16. The standard InChI is InChI=1S/C22H43N2/c1-4-7-10-11-12-13-14-17-22-23(18-15-8-5-2)20-21-24(22)19-16-9-6-3/h20-21H,4-19H2,1-3H3/q+1. The summed E-state index contributed by atoms with van der Waals surface area (Å²) in [6, 6.07) is 0.